The molecule has 0 amide bonds. The highest BCUT2D eigenvalue weighted by Gasteiger charge is 2.52. The number of aliphatic carboxylic acids is 1. The molecule has 2 saturated heterocycles. The lowest BCUT2D eigenvalue weighted by Gasteiger charge is -2.45. The largest absolute Gasteiger partial charge is 0.479 e. The molecule has 188 valence electrons. The molecule has 0 aromatic heterocycles. The molecule has 2 rings (SSSR count). The van der Waals surface area contributed by atoms with Crippen molar-refractivity contribution in [2.75, 3.05) is 6.61 Å². The molecule has 2 fully saturated rings. The van der Waals surface area contributed by atoms with Crippen LogP contribution in [0.15, 0.2) is 0 Å². The predicted octanol–water partition coefficient (Wildman–Crippen LogP) is -6.08. The molecule has 0 aliphatic carbocycles. The highest BCUT2D eigenvalue weighted by Crippen LogP contribution is 2.29. The Kier molecular flexibility index (Phi) is 8.50. The van der Waals surface area contributed by atoms with Crippen molar-refractivity contribution in [2.24, 2.45) is 0 Å². The first-order valence-corrected chi connectivity index (χ1v) is 11.3. The van der Waals surface area contributed by atoms with E-state index < -0.39 is 94.6 Å². The fourth-order valence-electron chi connectivity index (χ4n) is 3.01. The summed E-state index contributed by atoms with van der Waals surface area (Å²) >= 11 is 0. The fraction of sp³-hybridized carbons (Fsp3) is 0.917. The molecule has 0 aromatic carbocycles. The minimum Gasteiger partial charge on any atom is -0.479 e. The van der Waals surface area contributed by atoms with Gasteiger partial charge in [-0.2, -0.15) is 21.6 Å². The predicted molar refractivity (Wildman–Crippen MR) is 92.0 cm³/mol. The second-order valence-electron chi connectivity index (χ2n) is 6.72. The Labute approximate surface area is 179 Å². The van der Waals surface area contributed by atoms with Gasteiger partial charge in [-0.1, -0.05) is 0 Å². The highest BCUT2D eigenvalue weighted by atomic mass is 32.3. The van der Waals surface area contributed by atoms with E-state index in [0.717, 1.165) is 0 Å². The van der Waals surface area contributed by atoms with Crippen molar-refractivity contribution < 1.29 is 79.8 Å². The average molecular weight is 515 g/mol. The third-order valence-corrected chi connectivity index (χ3v) is 5.47. The second-order valence-corrected chi connectivity index (χ2v) is 9.00. The number of ether oxygens (including phenoxy) is 3. The Morgan fingerprint density at radius 3 is 2.00 bits per heavy atom. The maximum atomic E-state index is 11.2. The lowest BCUT2D eigenvalue weighted by molar-refractivity contribution is -0.339. The number of nitrogens with one attached hydrogen (secondary N) is 1. The molecule has 2 aliphatic heterocycles. The van der Waals surface area contributed by atoms with E-state index in [4.69, 9.17) is 28.4 Å². The van der Waals surface area contributed by atoms with Crippen LogP contribution in [0.4, 0.5) is 0 Å². The summed E-state index contributed by atoms with van der Waals surface area (Å²) in [6, 6.07) is -2.05. The number of carboxylic acids is 1. The van der Waals surface area contributed by atoms with E-state index >= 15 is 0 Å². The van der Waals surface area contributed by atoms with Crippen molar-refractivity contribution in [2.45, 2.75) is 61.3 Å². The first kappa shape index (κ1) is 27.1. The van der Waals surface area contributed by atoms with E-state index in [1.54, 1.807) is 0 Å². The Bertz CT molecular complexity index is 876. The zero-order chi connectivity index (χ0) is 24.6. The Morgan fingerprint density at radius 1 is 0.906 bits per heavy atom. The van der Waals surface area contributed by atoms with Crippen LogP contribution in [0.2, 0.25) is 0 Å². The van der Waals surface area contributed by atoms with E-state index in [9.17, 15) is 47.2 Å². The molecule has 0 aromatic rings. The van der Waals surface area contributed by atoms with Gasteiger partial charge in [0.1, 0.15) is 42.7 Å². The molecule has 0 saturated carbocycles. The number of aliphatic hydroxyl groups is 5. The van der Waals surface area contributed by atoms with Crippen LogP contribution in [0.25, 0.3) is 0 Å². The topological polar surface area (TPSA) is 296 Å². The van der Waals surface area contributed by atoms with Crippen LogP contribution in [-0.4, -0.2) is 131 Å². The third kappa shape index (κ3) is 6.71. The summed E-state index contributed by atoms with van der Waals surface area (Å²) in [4.78, 5) is 11.2. The Hall–Kier alpha value is -1.11. The molecule has 2 heterocycles. The smallest absolute Gasteiger partial charge is 0.397 e. The van der Waals surface area contributed by atoms with E-state index in [2.05, 4.69) is 4.18 Å². The molecule has 32 heavy (non-hydrogen) atoms. The molecule has 0 bridgehead atoms. The van der Waals surface area contributed by atoms with E-state index in [1.165, 1.54) is 4.72 Å². The SMILES string of the molecule is O=C(O)[C@H]1O[C@@H](O[C@H]2[C@H](O)[C@@H](NS(=O)(=O)O)C(O)O[C@@H]2COS(=O)(=O)O)[C@H](O)[C@@H](O)[C@@H]1O. The van der Waals surface area contributed by atoms with Crippen LogP contribution >= 0.6 is 0 Å². The van der Waals surface area contributed by atoms with Gasteiger partial charge >= 0.3 is 26.7 Å². The second kappa shape index (κ2) is 10.0. The summed E-state index contributed by atoms with van der Waals surface area (Å²) in [7, 11) is -10.1. The van der Waals surface area contributed by atoms with Crippen molar-refractivity contribution in [3.63, 3.8) is 0 Å². The average Bonchev–Trinajstić information content (AvgIpc) is 2.64. The number of aliphatic hydroxyl groups excluding tert-OH is 5. The van der Waals surface area contributed by atoms with Gasteiger partial charge in [-0.15, -0.1) is 0 Å². The van der Waals surface area contributed by atoms with Crippen molar-refractivity contribution >= 4 is 26.7 Å². The summed E-state index contributed by atoms with van der Waals surface area (Å²) in [5.74, 6) is -1.79. The van der Waals surface area contributed by atoms with Crippen molar-refractivity contribution in [1.82, 2.24) is 4.72 Å². The fourth-order valence-corrected chi connectivity index (χ4v) is 3.91. The first-order valence-electron chi connectivity index (χ1n) is 8.48. The monoisotopic (exact) mass is 515 g/mol. The standard InChI is InChI=1S/C12H21NO17S2/c14-4-3(13-31(21,22)23)11(20)28-2(1-27-32(24,25)26)8(4)29-12-7(17)5(15)6(16)9(30-12)10(18)19/h2-9,11-17,20H,1H2,(H,18,19)(H,21,22,23)(H,24,25,26)/t2-,3-,4-,5+,6+,7-,8-,9+,11?,12-/m1/s1. The van der Waals surface area contributed by atoms with Gasteiger partial charge in [0.2, 0.25) is 0 Å². The van der Waals surface area contributed by atoms with Crippen LogP contribution in [-0.2, 0) is 43.9 Å². The molecular weight excluding hydrogens is 494 g/mol. The van der Waals surface area contributed by atoms with Crippen molar-refractivity contribution in [3.8, 4) is 0 Å². The van der Waals surface area contributed by atoms with Gasteiger partial charge < -0.3 is 44.8 Å². The Morgan fingerprint density at radius 2 is 1.50 bits per heavy atom. The van der Waals surface area contributed by atoms with E-state index in [0.29, 0.717) is 0 Å². The summed E-state index contributed by atoms with van der Waals surface area (Å²) in [6.07, 6.45) is -18.9. The van der Waals surface area contributed by atoms with Gasteiger partial charge in [0.05, 0.1) is 6.61 Å². The van der Waals surface area contributed by atoms with Gasteiger partial charge in [0.25, 0.3) is 0 Å². The summed E-state index contributed by atoms with van der Waals surface area (Å²) < 4.78 is 81.8. The zero-order valence-corrected chi connectivity index (χ0v) is 17.2. The molecule has 18 nitrogen and oxygen atoms in total. The molecule has 2 aliphatic rings. The minimum atomic E-state index is -5.09. The number of hydrogen-bond acceptors (Lipinski definition) is 14. The highest BCUT2D eigenvalue weighted by molar-refractivity contribution is 7.83. The first-order chi connectivity index (χ1) is 14.5. The normalized spacial score (nSPS) is 41.3. The molecule has 0 spiro atoms. The van der Waals surface area contributed by atoms with Gasteiger partial charge in [0.15, 0.2) is 18.7 Å². The van der Waals surface area contributed by atoms with Crippen LogP contribution in [0.1, 0.15) is 0 Å². The molecular formula is C12H21NO17S2. The molecule has 10 atom stereocenters. The molecule has 9 N–H and O–H groups in total. The molecule has 1 unspecified atom stereocenters. The van der Waals surface area contributed by atoms with Crippen LogP contribution < -0.4 is 4.72 Å². The van der Waals surface area contributed by atoms with Crippen molar-refractivity contribution in [1.29, 1.82) is 0 Å². The van der Waals surface area contributed by atoms with E-state index in [1.807, 2.05) is 0 Å². The third-order valence-electron chi connectivity index (χ3n) is 4.46. The van der Waals surface area contributed by atoms with Crippen molar-refractivity contribution in [3.05, 3.63) is 0 Å². The van der Waals surface area contributed by atoms with Gasteiger partial charge in [-0.05, 0) is 0 Å². The van der Waals surface area contributed by atoms with Crippen LogP contribution in [0, 0.1) is 0 Å². The lowest BCUT2D eigenvalue weighted by atomic mass is 9.96. The number of carboxylic acid groups (broad SMARTS) is 1. The summed E-state index contributed by atoms with van der Waals surface area (Å²) in [5, 5.41) is 58.9. The van der Waals surface area contributed by atoms with Crippen LogP contribution in [0.5, 0.6) is 0 Å². The Balaban J connectivity index is 2.32. The van der Waals surface area contributed by atoms with Gasteiger partial charge in [0, 0.05) is 0 Å². The lowest BCUT2D eigenvalue weighted by Crippen LogP contribution is -2.67. The maximum Gasteiger partial charge on any atom is 0.397 e. The number of carbonyl (C=O) groups is 1. The maximum absolute atomic E-state index is 11.2. The summed E-state index contributed by atoms with van der Waals surface area (Å²) in [5.41, 5.74) is 0. The quantitative estimate of drug-likeness (QED) is 0.136. The van der Waals surface area contributed by atoms with Crippen LogP contribution in [0.3, 0.4) is 0 Å². The van der Waals surface area contributed by atoms with Gasteiger partial charge in [-0.3, -0.25) is 9.11 Å². The number of rotatable bonds is 8. The molecule has 0 radical (unpaired) electrons. The van der Waals surface area contributed by atoms with E-state index in [-0.39, 0.29) is 0 Å². The minimum absolute atomic E-state index is 1.16. The molecule has 20 heteroatoms. The number of hydrogen-bond donors (Lipinski definition) is 9. The zero-order valence-electron chi connectivity index (χ0n) is 15.5. The summed E-state index contributed by atoms with van der Waals surface area (Å²) in [6.45, 7) is -1.16. The van der Waals surface area contributed by atoms with Gasteiger partial charge in [-0.25, -0.2) is 8.98 Å².